The Balaban J connectivity index is 1.33. The molecule has 0 bridgehead atoms. The molecule has 6 nitrogen and oxygen atoms in total. The zero-order valence-corrected chi connectivity index (χ0v) is 20.2. The van der Waals surface area contributed by atoms with E-state index in [1.54, 1.807) is 24.3 Å². The van der Waals surface area contributed by atoms with Crippen LogP contribution in [0.15, 0.2) is 66.9 Å². The van der Waals surface area contributed by atoms with Gasteiger partial charge in [0.2, 0.25) is 6.79 Å². The number of nitrogens with zero attached hydrogens (tertiary/aromatic N) is 2. The predicted molar refractivity (Wildman–Crippen MR) is 137 cm³/mol. The number of aromatic nitrogens is 1. The van der Waals surface area contributed by atoms with Crippen molar-refractivity contribution in [1.29, 1.82) is 0 Å². The van der Waals surface area contributed by atoms with Gasteiger partial charge in [0.05, 0.1) is 0 Å². The highest BCUT2D eigenvalue weighted by Crippen LogP contribution is 2.34. The number of H-pyrrole nitrogens is 1. The number of amides is 1. The number of ether oxygens (including phenoxy) is 2. The molecule has 0 aliphatic carbocycles. The van der Waals surface area contributed by atoms with Crippen LogP contribution in [0.2, 0.25) is 0 Å². The lowest BCUT2D eigenvalue weighted by atomic mass is 9.98. The first-order chi connectivity index (χ1) is 17.5. The molecule has 0 radical (unpaired) electrons. The van der Waals surface area contributed by atoms with Crippen LogP contribution in [-0.2, 0) is 6.54 Å². The molecule has 0 spiro atoms. The van der Waals surface area contributed by atoms with Gasteiger partial charge in [-0.25, -0.2) is 4.39 Å². The summed E-state index contributed by atoms with van der Waals surface area (Å²) in [5.41, 5.74) is 4.02. The van der Waals surface area contributed by atoms with Gasteiger partial charge in [-0.1, -0.05) is 12.1 Å². The van der Waals surface area contributed by atoms with E-state index in [-0.39, 0.29) is 31.1 Å². The van der Waals surface area contributed by atoms with Crippen LogP contribution in [0.3, 0.4) is 0 Å². The van der Waals surface area contributed by atoms with Crippen molar-refractivity contribution in [2.45, 2.75) is 25.4 Å². The van der Waals surface area contributed by atoms with Gasteiger partial charge < -0.3 is 24.3 Å². The highest BCUT2D eigenvalue weighted by atomic mass is 19.1. The van der Waals surface area contributed by atoms with Crippen LogP contribution in [-0.4, -0.2) is 53.7 Å². The van der Waals surface area contributed by atoms with Gasteiger partial charge in [0.15, 0.2) is 11.5 Å². The topological polar surface area (TPSA) is 57.8 Å². The van der Waals surface area contributed by atoms with Crippen molar-refractivity contribution in [3.8, 4) is 22.6 Å². The zero-order chi connectivity index (χ0) is 24.6. The SMILES string of the molecule is CN1CCC(N(Cc2cc(-c3ccc4[nH]ccc4c3)ccc2F)C(=O)c2ccc3c(c2)OCO3)CC1. The maximum absolute atomic E-state index is 15.1. The molecule has 36 heavy (non-hydrogen) atoms. The lowest BCUT2D eigenvalue weighted by Gasteiger charge is -2.37. The van der Waals surface area contributed by atoms with Gasteiger partial charge in [-0.3, -0.25) is 4.79 Å². The van der Waals surface area contributed by atoms with Gasteiger partial charge in [0.25, 0.3) is 5.91 Å². The molecule has 2 aliphatic rings. The maximum Gasteiger partial charge on any atom is 0.254 e. The van der Waals surface area contributed by atoms with E-state index in [1.165, 1.54) is 6.07 Å². The van der Waals surface area contributed by atoms with Gasteiger partial charge >= 0.3 is 0 Å². The first kappa shape index (κ1) is 22.6. The Labute approximate surface area is 209 Å². The van der Waals surface area contributed by atoms with Crippen LogP contribution in [0, 0.1) is 5.82 Å². The highest BCUT2D eigenvalue weighted by Gasteiger charge is 2.29. The molecule has 1 fully saturated rings. The third-order valence-corrected chi connectivity index (χ3v) is 7.28. The number of nitrogens with one attached hydrogen (secondary N) is 1. The Morgan fingerprint density at radius 3 is 2.64 bits per heavy atom. The van der Waals surface area contributed by atoms with Gasteiger partial charge in [-0.15, -0.1) is 0 Å². The van der Waals surface area contributed by atoms with Crippen LogP contribution in [0.1, 0.15) is 28.8 Å². The summed E-state index contributed by atoms with van der Waals surface area (Å²) >= 11 is 0. The van der Waals surface area contributed by atoms with E-state index in [4.69, 9.17) is 9.47 Å². The Hall–Kier alpha value is -3.84. The maximum atomic E-state index is 15.1. The van der Waals surface area contributed by atoms with Gasteiger partial charge in [0.1, 0.15) is 5.82 Å². The molecule has 184 valence electrons. The number of fused-ring (bicyclic) bond motifs is 2. The fraction of sp³-hybridized carbons (Fsp3) is 0.276. The molecule has 1 N–H and O–H groups in total. The summed E-state index contributed by atoms with van der Waals surface area (Å²) in [6, 6.07) is 18.6. The van der Waals surface area contributed by atoms with Crippen molar-refractivity contribution in [2.24, 2.45) is 0 Å². The van der Waals surface area contributed by atoms with Crippen LogP contribution in [0.5, 0.6) is 11.5 Å². The third-order valence-electron chi connectivity index (χ3n) is 7.28. The van der Waals surface area contributed by atoms with E-state index < -0.39 is 0 Å². The number of hydrogen-bond donors (Lipinski definition) is 1. The second-order valence-electron chi connectivity index (χ2n) is 9.62. The summed E-state index contributed by atoms with van der Waals surface area (Å²) in [7, 11) is 2.09. The number of aromatic amines is 1. The van der Waals surface area contributed by atoms with Crippen molar-refractivity contribution in [3.05, 3.63) is 83.8 Å². The Bertz CT molecular complexity index is 1420. The van der Waals surface area contributed by atoms with Crippen molar-refractivity contribution < 1.29 is 18.7 Å². The highest BCUT2D eigenvalue weighted by molar-refractivity contribution is 5.95. The fourth-order valence-corrected chi connectivity index (χ4v) is 5.16. The molecule has 0 atom stereocenters. The molecular weight excluding hydrogens is 457 g/mol. The summed E-state index contributed by atoms with van der Waals surface area (Å²) in [4.78, 5) is 21.1. The van der Waals surface area contributed by atoms with Crippen LogP contribution < -0.4 is 9.47 Å². The zero-order valence-electron chi connectivity index (χ0n) is 20.2. The Morgan fingerprint density at radius 1 is 1.00 bits per heavy atom. The number of halogens is 1. The molecule has 4 aromatic rings. The molecular formula is C29H28FN3O3. The second kappa shape index (κ2) is 9.32. The molecule has 2 aliphatic heterocycles. The number of piperidine rings is 1. The average molecular weight is 486 g/mol. The number of benzene rings is 3. The normalized spacial score (nSPS) is 15.9. The Kier molecular flexibility index (Phi) is 5.85. The quantitative estimate of drug-likeness (QED) is 0.409. The number of carbonyl (C=O) groups excluding carboxylic acids is 1. The number of hydrogen-bond acceptors (Lipinski definition) is 4. The van der Waals surface area contributed by atoms with Crippen molar-refractivity contribution in [2.75, 3.05) is 26.9 Å². The van der Waals surface area contributed by atoms with Crippen molar-refractivity contribution in [1.82, 2.24) is 14.8 Å². The van der Waals surface area contributed by atoms with E-state index >= 15 is 4.39 Å². The first-order valence-electron chi connectivity index (χ1n) is 12.3. The molecule has 1 aromatic heterocycles. The van der Waals surface area contributed by atoms with E-state index in [2.05, 4.69) is 23.0 Å². The molecule has 7 heteroatoms. The minimum atomic E-state index is -0.308. The van der Waals surface area contributed by atoms with Crippen molar-refractivity contribution in [3.63, 3.8) is 0 Å². The molecule has 3 aromatic carbocycles. The number of likely N-dealkylation sites (tertiary alicyclic amines) is 1. The fourth-order valence-electron chi connectivity index (χ4n) is 5.16. The lowest BCUT2D eigenvalue weighted by molar-refractivity contribution is 0.0566. The second-order valence-corrected chi connectivity index (χ2v) is 9.62. The van der Waals surface area contributed by atoms with Crippen LogP contribution >= 0.6 is 0 Å². The first-order valence-corrected chi connectivity index (χ1v) is 12.3. The minimum absolute atomic E-state index is 0.0263. The third kappa shape index (κ3) is 4.31. The summed E-state index contributed by atoms with van der Waals surface area (Å²) < 4.78 is 26.0. The van der Waals surface area contributed by atoms with Gasteiger partial charge in [-0.05, 0) is 98.0 Å². The molecule has 0 saturated carbocycles. The molecule has 1 amide bonds. The standard InChI is InChI=1S/C29H28FN3O3/c1-32-12-9-24(10-13-32)33(29(34)22-4-7-27-28(16-22)36-18-35-27)17-23-15-19(2-5-25(23)30)20-3-6-26-21(14-20)8-11-31-26/h2-8,11,14-16,24,31H,9-10,12-13,17-18H2,1H3. The predicted octanol–water partition coefficient (Wildman–Crippen LogP) is 5.44. The molecule has 6 rings (SSSR count). The summed E-state index contributed by atoms with van der Waals surface area (Å²) in [5, 5.41) is 1.10. The average Bonchev–Trinajstić information content (AvgIpc) is 3.57. The molecule has 0 unspecified atom stereocenters. The lowest BCUT2D eigenvalue weighted by Crippen LogP contribution is -2.46. The van der Waals surface area contributed by atoms with E-state index in [0.717, 1.165) is 48.0 Å². The van der Waals surface area contributed by atoms with Crippen LogP contribution in [0.25, 0.3) is 22.0 Å². The van der Waals surface area contributed by atoms with E-state index in [1.807, 2.05) is 35.4 Å². The van der Waals surface area contributed by atoms with Crippen LogP contribution in [0.4, 0.5) is 4.39 Å². The molecule has 3 heterocycles. The number of rotatable bonds is 5. The largest absolute Gasteiger partial charge is 0.454 e. The Morgan fingerprint density at radius 2 is 1.78 bits per heavy atom. The van der Waals surface area contributed by atoms with Crippen molar-refractivity contribution >= 4 is 16.8 Å². The molecule has 1 saturated heterocycles. The monoisotopic (exact) mass is 485 g/mol. The summed E-state index contributed by atoms with van der Waals surface area (Å²) in [5.74, 6) is 0.771. The summed E-state index contributed by atoms with van der Waals surface area (Å²) in [6.07, 6.45) is 3.60. The van der Waals surface area contributed by atoms with Gasteiger partial charge in [-0.2, -0.15) is 0 Å². The summed E-state index contributed by atoms with van der Waals surface area (Å²) in [6.45, 7) is 2.15. The van der Waals surface area contributed by atoms with E-state index in [0.29, 0.717) is 22.6 Å². The number of carbonyl (C=O) groups is 1. The smallest absolute Gasteiger partial charge is 0.254 e. The minimum Gasteiger partial charge on any atom is -0.454 e. The van der Waals surface area contributed by atoms with E-state index in [9.17, 15) is 4.79 Å². The van der Waals surface area contributed by atoms with Gasteiger partial charge in [0, 0.05) is 35.4 Å².